The van der Waals surface area contributed by atoms with Crippen LogP contribution in [-0.2, 0) is 11.3 Å². The number of fused-ring (bicyclic) bond motifs is 1. The molecule has 3 heterocycles. The molecule has 1 aromatic carbocycles. The summed E-state index contributed by atoms with van der Waals surface area (Å²) in [5.74, 6) is -0.00968. The van der Waals surface area contributed by atoms with E-state index in [1.54, 1.807) is 4.68 Å². The molecule has 1 aliphatic heterocycles. The van der Waals surface area contributed by atoms with Crippen molar-refractivity contribution >= 4 is 16.8 Å². The summed E-state index contributed by atoms with van der Waals surface area (Å²) in [6.45, 7) is 3.37. The van der Waals surface area contributed by atoms with Gasteiger partial charge < -0.3 is 10.3 Å². The molecule has 162 valence electrons. The lowest BCUT2D eigenvalue weighted by atomic mass is 9.65. The number of hydrogen-bond acceptors (Lipinski definition) is 3. The number of pyridine rings is 1. The lowest BCUT2D eigenvalue weighted by Gasteiger charge is -2.41. The molecule has 2 N–H and O–H groups in total. The SMILES string of the molecule is CCn1ncc2c(F)cc(-c3ccc(C4CCC5(CCCNC5=O)CC4)c(=O)[nH]3)cc21. The van der Waals surface area contributed by atoms with Crippen molar-refractivity contribution in [3.05, 3.63) is 52.2 Å². The maximum absolute atomic E-state index is 14.6. The molecule has 0 radical (unpaired) electrons. The van der Waals surface area contributed by atoms with Gasteiger partial charge in [0.2, 0.25) is 5.91 Å². The maximum Gasteiger partial charge on any atom is 0.251 e. The molecule has 1 aliphatic carbocycles. The molecule has 2 aliphatic rings. The van der Waals surface area contributed by atoms with E-state index in [2.05, 4.69) is 15.4 Å². The Morgan fingerprint density at radius 1 is 1.19 bits per heavy atom. The van der Waals surface area contributed by atoms with Gasteiger partial charge >= 0.3 is 0 Å². The first kappa shape index (κ1) is 20.0. The normalized spacial score (nSPS) is 23.9. The fraction of sp³-hybridized carbons (Fsp3) is 0.458. The van der Waals surface area contributed by atoms with Crippen molar-refractivity contribution in [3.8, 4) is 11.3 Å². The third-order valence-corrected chi connectivity index (χ3v) is 7.24. The van der Waals surface area contributed by atoms with Gasteiger partial charge in [0.15, 0.2) is 0 Å². The summed E-state index contributed by atoms with van der Waals surface area (Å²) in [6.07, 6.45) is 6.85. The van der Waals surface area contributed by atoms with Crippen LogP contribution in [0.4, 0.5) is 4.39 Å². The van der Waals surface area contributed by atoms with Crippen molar-refractivity contribution in [2.45, 2.75) is 57.9 Å². The van der Waals surface area contributed by atoms with Crippen LogP contribution in [-0.4, -0.2) is 27.2 Å². The zero-order valence-electron chi connectivity index (χ0n) is 17.7. The van der Waals surface area contributed by atoms with Crippen LogP contribution in [0.25, 0.3) is 22.2 Å². The van der Waals surface area contributed by atoms with Crippen molar-refractivity contribution < 1.29 is 9.18 Å². The first-order valence-corrected chi connectivity index (χ1v) is 11.2. The van der Waals surface area contributed by atoms with Crippen LogP contribution in [0.1, 0.15) is 56.9 Å². The molecule has 2 fully saturated rings. The topological polar surface area (TPSA) is 79.8 Å². The first-order valence-electron chi connectivity index (χ1n) is 11.2. The largest absolute Gasteiger partial charge is 0.356 e. The number of hydrogen-bond donors (Lipinski definition) is 2. The van der Waals surface area contributed by atoms with Gasteiger partial charge in [-0.05, 0) is 69.6 Å². The van der Waals surface area contributed by atoms with Gasteiger partial charge in [-0.3, -0.25) is 14.3 Å². The van der Waals surface area contributed by atoms with Crippen molar-refractivity contribution in [3.63, 3.8) is 0 Å². The summed E-state index contributed by atoms with van der Waals surface area (Å²) in [7, 11) is 0. The molecule has 6 nitrogen and oxygen atoms in total. The molecule has 1 amide bonds. The number of benzene rings is 1. The van der Waals surface area contributed by atoms with Crippen LogP contribution < -0.4 is 10.9 Å². The number of carbonyl (C=O) groups is 1. The van der Waals surface area contributed by atoms with E-state index in [-0.39, 0.29) is 28.6 Å². The van der Waals surface area contributed by atoms with Gasteiger partial charge in [-0.15, -0.1) is 0 Å². The Labute approximate surface area is 179 Å². The molecule has 2 aromatic heterocycles. The molecular weight excluding hydrogens is 395 g/mol. The molecule has 1 saturated heterocycles. The molecule has 0 bridgehead atoms. The molecule has 31 heavy (non-hydrogen) atoms. The summed E-state index contributed by atoms with van der Waals surface area (Å²) in [4.78, 5) is 28.3. The van der Waals surface area contributed by atoms with E-state index in [0.717, 1.165) is 50.6 Å². The van der Waals surface area contributed by atoms with Gasteiger partial charge in [-0.1, -0.05) is 6.07 Å². The molecule has 3 aromatic rings. The van der Waals surface area contributed by atoms with Crippen LogP contribution in [0.3, 0.4) is 0 Å². The van der Waals surface area contributed by atoms with E-state index >= 15 is 0 Å². The number of aryl methyl sites for hydroxylation is 1. The third kappa shape index (κ3) is 3.36. The molecule has 0 unspecified atom stereocenters. The number of carbonyl (C=O) groups excluding carboxylic acids is 1. The second kappa shape index (κ2) is 7.62. The smallest absolute Gasteiger partial charge is 0.251 e. The Kier molecular flexibility index (Phi) is 4.91. The van der Waals surface area contributed by atoms with Gasteiger partial charge in [-0.2, -0.15) is 5.10 Å². The first-order chi connectivity index (χ1) is 15.0. The van der Waals surface area contributed by atoms with E-state index in [0.29, 0.717) is 28.7 Å². The summed E-state index contributed by atoms with van der Waals surface area (Å²) < 4.78 is 16.3. The van der Waals surface area contributed by atoms with E-state index < -0.39 is 0 Å². The van der Waals surface area contributed by atoms with Crippen LogP contribution in [0, 0.1) is 11.2 Å². The van der Waals surface area contributed by atoms with Crippen molar-refractivity contribution in [2.24, 2.45) is 5.41 Å². The van der Waals surface area contributed by atoms with Crippen LogP contribution in [0.5, 0.6) is 0 Å². The minimum absolute atomic E-state index is 0.129. The summed E-state index contributed by atoms with van der Waals surface area (Å²) in [5, 5.41) is 7.71. The number of nitrogens with one attached hydrogen (secondary N) is 2. The minimum atomic E-state index is -0.347. The average molecular weight is 423 g/mol. The number of aromatic amines is 1. The Balaban J connectivity index is 1.40. The fourth-order valence-electron chi connectivity index (χ4n) is 5.40. The number of nitrogens with zero attached hydrogens (tertiary/aromatic N) is 2. The lowest BCUT2D eigenvalue weighted by molar-refractivity contribution is -0.135. The molecule has 5 rings (SSSR count). The molecule has 7 heteroatoms. The fourth-order valence-corrected chi connectivity index (χ4v) is 5.40. The third-order valence-electron chi connectivity index (χ3n) is 7.24. The highest BCUT2D eigenvalue weighted by molar-refractivity contribution is 5.84. The van der Waals surface area contributed by atoms with E-state index in [1.165, 1.54) is 12.3 Å². The van der Waals surface area contributed by atoms with Gasteiger partial charge in [0, 0.05) is 35.3 Å². The van der Waals surface area contributed by atoms with Crippen molar-refractivity contribution in [1.82, 2.24) is 20.1 Å². The van der Waals surface area contributed by atoms with Gasteiger partial charge in [0.25, 0.3) is 5.56 Å². The van der Waals surface area contributed by atoms with Crippen molar-refractivity contribution in [2.75, 3.05) is 6.54 Å². The second-order valence-electron chi connectivity index (χ2n) is 8.92. The molecule has 1 saturated carbocycles. The standard InChI is InChI=1S/C24H27FN4O2/c1-2-29-21-13-16(12-19(25)18(21)14-27-29)20-5-4-17(22(30)28-20)15-6-9-24(10-7-15)8-3-11-26-23(24)31/h4-5,12-15H,2-3,6-11H2,1H3,(H,26,31)(H,28,30). The maximum atomic E-state index is 14.6. The van der Waals surface area contributed by atoms with Crippen LogP contribution >= 0.6 is 0 Å². The Morgan fingerprint density at radius 2 is 2.00 bits per heavy atom. The van der Waals surface area contributed by atoms with Crippen LogP contribution in [0.15, 0.2) is 35.3 Å². The summed E-state index contributed by atoms with van der Waals surface area (Å²) in [6, 6.07) is 7.05. The zero-order valence-corrected chi connectivity index (χ0v) is 17.7. The highest BCUT2D eigenvalue weighted by atomic mass is 19.1. The van der Waals surface area contributed by atoms with E-state index in [9.17, 15) is 14.0 Å². The predicted molar refractivity (Wildman–Crippen MR) is 117 cm³/mol. The monoisotopic (exact) mass is 422 g/mol. The van der Waals surface area contributed by atoms with E-state index in [1.807, 2.05) is 25.1 Å². The van der Waals surface area contributed by atoms with Gasteiger partial charge in [0.1, 0.15) is 5.82 Å². The number of halogens is 1. The number of aromatic nitrogens is 3. The van der Waals surface area contributed by atoms with E-state index in [4.69, 9.17) is 0 Å². The number of piperidine rings is 1. The summed E-state index contributed by atoms with van der Waals surface area (Å²) in [5.41, 5.74) is 2.33. The lowest BCUT2D eigenvalue weighted by Crippen LogP contribution is -2.47. The molecule has 1 spiro atoms. The molecular formula is C24H27FN4O2. The van der Waals surface area contributed by atoms with Crippen LogP contribution in [0.2, 0.25) is 0 Å². The Morgan fingerprint density at radius 3 is 2.71 bits per heavy atom. The van der Waals surface area contributed by atoms with Gasteiger partial charge in [0.05, 0.1) is 17.1 Å². The minimum Gasteiger partial charge on any atom is -0.356 e. The predicted octanol–water partition coefficient (Wildman–Crippen LogP) is 4.10. The number of rotatable bonds is 3. The summed E-state index contributed by atoms with van der Waals surface area (Å²) >= 11 is 0. The average Bonchev–Trinajstić information content (AvgIpc) is 3.20. The Bertz CT molecular complexity index is 1200. The zero-order chi connectivity index (χ0) is 21.6. The van der Waals surface area contributed by atoms with Crippen molar-refractivity contribution in [1.29, 1.82) is 0 Å². The second-order valence-corrected chi connectivity index (χ2v) is 8.92. The molecule has 0 atom stereocenters. The quantitative estimate of drug-likeness (QED) is 0.667. The Hall–Kier alpha value is -2.96. The number of amides is 1. The number of H-pyrrole nitrogens is 1. The van der Waals surface area contributed by atoms with Gasteiger partial charge in [-0.25, -0.2) is 4.39 Å². The highest BCUT2D eigenvalue weighted by Gasteiger charge is 2.43. The highest BCUT2D eigenvalue weighted by Crippen LogP contribution is 2.46.